The fourth-order valence-electron chi connectivity index (χ4n) is 1.68. The number of benzene rings is 2. The van der Waals surface area contributed by atoms with Crippen molar-refractivity contribution in [2.24, 2.45) is 0 Å². The molecule has 7 heteroatoms. The predicted octanol–water partition coefficient (Wildman–Crippen LogP) is 4.41. The highest BCUT2D eigenvalue weighted by Crippen LogP contribution is 2.27. The van der Waals surface area contributed by atoms with Gasteiger partial charge in [-0.05, 0) is 65.3 Å². The van der Waals surface area contributed by atoms with Crippen molar-refractivity contribution >= 4 is 47.6 Å². The number of halogens is 2. The fourth-order valence-corrected chi connectivity index (χ4v) is 4.24. The molecule has 2 aromatic rings. The zero-order valence-corrected chi connectivity index (χ0v) is 15.1. The molecule has 0 atom stereocenters. The molecule has 0 fully saturated rings. The summed E-state index contributed by atoms with van der Waals surface area (Å²) in [6.45, 7) is 2.46. The van der Waals surface area contributed by atoms with Crippen molar-refractivity contribution < 1.29 is 13.2 Å². The Kier molecular flexibility index (Phi) is 5.29. The summed E-state index contributed by atoms with van der Waals surface area (Å²) in [5, 5.41) is 0. The fraction of sp³-hybridized carbons (Fsp3) is 0.143. The van der Waals surface area contributed by atoms with E-state index in [0.717, 1.165) is 0 Å². The molecular weight excluding hydrogens is 422 g/mol. The summed E-state index contributed by atoms with van der Waals surface area (Å²) in [7, 11) is -3.66. The predicted molar refractivity (Wildman–Crippen MR) is 90.3 cm³/mol. The number of rotatable bonds is 5. The molecule has 2 aromatic carbocycles. The highest BCUT2D eigenvalue weighted by molar-refractivity contribution is 9.11. The molecule has 4 nitrogen and oxygen atoms in total. The number of anilines is 1. The van der Waals surface area contributed by atoms with Crippen molar-refractivity contribution in [3.05, 3.63) is 51.4 Å². The smallest absolute Gasteiger partial charge is 0.263 e. The minimum Gasteiger partial charge on any atom is -0.494 e. The first-order chi connectivity index (χ1) is 9.92. The van der Waals surface area contributed by atoms with Crippen LogP contribution < -0.4 is 9.46 Å². The molecule has 0 aliphatic heterocycles. The first-order valence-corrected chi connectivity index (χ1v) is 9.20. The van der Waals surface area contributed by atoms with Crippen LogP contribution in [0.4, 0.5) is 5.69 Å². The second kappa shape index (κ2) is 6.81. The summed E-state index contributed by atoms with van der Waals surface area (Å²) in [6, 6.07) is 11.7. The van der Waals surface area contributed by atoms with Crippen LogP contribution in [0.25, 0.3) is 0 Å². The number of nitrogens with one attached hydrogen (secondary N) is 1. The number of ether oxygens (including phenoxy) is 1. The molecule has 2 rings (SSSR count). The second-order valence-corrected chi connectivity index (χ2v) is 7.56. The van der Waals surface area contributed by atoms with Gasteiger partial charge < -0.3 is 4.74 Å². The van der Waals surface area contributed by atoms with E-state index in [1.165, 1.54) is 0 Å². The minimum absolute atomic E-state index is 0.172. The quantitative estimate of drug-likeness (QED) is 0.758. The van der Waals surface area contributed by atoms with Gasteiger partial charge in [0.05, 0.1) is 6.61 Å². The lowest BCUT2D eigenvalue weighted by atomic mass is 10.3. The largest absolute Gasteiger partial charge is 0.494 e. The summed E-state index contributed by atoms with van der Waals surface area (Å²) < 4.78 is 33.8. The third kappa shape index (κ3) is 4.21. The van der Waals surface area contributed by atoms with E-state index in [1.54, 1.807) is 42.5 Å². The van der Waals surface area contributed by atoms with E-state index >= 15 is 0 Å². The molecular formula is C14H13Br2NO3S. The third-order valence-corrected chi connectivity index (χ3v) is 5.47. The maximum atomic E-state index is 12.4. The Hall–Kier alpha value is -1.05. The van der Waals surface area contributed by atoms with Gasteiger partial charge in [-0.25, -0.2) is 8.42 Å². The van der Waals surface area contributed by atoms with Crippen LogP contribution in [0.3, 0.4) is 0 Å². The van der Waals surface area contributed by atoms with Gasteiger partial charge in [0.25, 0.3) is 10.0 Å². The van der Waals surface area contributed by atoms with Gasteiger partial charge in [0.15, 0.2) is 0 Å². The highest BCUT2D eigenvalue weighted by Gasteiger charge is 2.18. The van der Waals surface area contributed by atoms with Crippen molar-refractivity contribution in [1.29, 1.82) is 0 Å². The van der Waals surface area contributed by atoms with E-state index in [9.17, 15) is 8.42 Å². The van der Waals surface area contributed by atoms with E-state index in [1.807, 2.05) is 6.92 Å². The summed E-state index contributed by atoms with van der Waals surface area (Å²) >= 11 is 6.52. The summed E-state index contributed by atoms with van der Waals surface area (Å²) in [5.74, 6) is 0.698. The monoisotopic (exact) mass is 433 g/mol. The van der Waals surface area contributed by atoms with Crippen LogP contribution >= 0.6 is 31.9 Å². The maximum absolute atomic E-state index is 12.4. The molecule has 112 valence electrons. The Morgan fingerprint density at radius 2 is 1.76 bits per heavy atom. The SMILES string of the molecule is CCOc1ccc(NS(=O)(=O)c2cc(Br)ccc2Br)cc1. The lowest BCUT2D eigenvalue weighted by molar-refractivity contribution is 0.340. The molecule has 21 heavy (non-hydrogen) atoms. The third-order valence-electron chi connectivity index (χ3n) is 2.60. The van der Waals surface area contributed by atoms with Gasteiger partial charge in [0.1, 0.15) is 10.6 Å². The molecule has 0 unspecified atom stereocenters. The topological polar surface area (TPSA) is 55.4 Å². The Morgan fingerprint density at radius 3 is 2.38 bits per heavy atom. The van der Waals surface area contributed by atoms with Gasteiger partial charge in [-0.3, -0.25) is 4.72 Å². The minimum atomic E-state index is -3.66. The molecule has 0 aliphatic rings. The molecule has 0 saturated carbocycles. The van der Waals surface area contributed by atoms with Crippen molar-refractivity contribution in [1.82, 2.24) is 0 Å². The van der Waals surface area contributed by atoms with E-state index in [0.29, 0.717) is 27.0 Å². The van der Waals surface area contributed by atoms with Gasteiger partial charge in [0.2, 0.25) is 0 Å². The number of sulfonamides is 1. The lowest BCUT2D eigenvalue weighted by Gasteiger charge is -2.11. The molecule has 1 N–H and O–H groups in total. The van der Waals surface area contributed by atoms with Gasteiger partial charge in [-0.15, -0.1) is 0 Å². The molecule has 0 bridgehead atoms. The Labute approximate surface area is 140 Å². The zero-order valence-electron chi connectivity index (χ0n) is 11.1. The Morgan fingerprint density at radius 1 is 1.10 bits per heavy atom. The lowest BCUT2D eigenvalue weighted by Crippen LogP contribution is -2.13. The molecule has 0 heterocycles. The standard InChI is InChI=1S/C14H13Br2NO3S/c1-2-20-12-6-4-11(5-7-12)17-21(18,19)14-9-10(15)3-8-13(14)16/h3-9,17H,2H2,1H3. The van der Waals surface area contributed by atoms with Crippen LogP contribution in [-0.2, 0) is 10.0 Å². The van der Waals surface area contributed by atoms with Gasteiger partial charge in [0, 0.05) is 14.6 Å². The summed E-state index contributed by atoms with van der Waals surface area (Å²) in [6.07, 6.45) is 0. The van der Waals surface area contributed by atoms with Crippen LogP contribution in [-0.4, -0.2) is 15.0 Å². The molecule has 0 saturated heterocycles. The van der Waals surface area contributed by atoms with Crippen molar-refractivity contribution in [2.75, 3.05) is 11.3 Å². The first-order valence-electron chi connectivity index (χ1n) is 6.13. The van der Waals surface area contributed by atoms with Crippen LogP contribution in [0.15, 0.2) is 56.3 Å². The number of hydrogen-bond acceptors (Lipinski definition) is 3. The van der Waals surface area contributed by atoms with E-state index in [-0.39, 0.29) is 4.90 Å². The molecule has 0 amide bonds. The van der Waals surface area contributed by atoms with Crippen molar-refractivity contribution in [3.8, 4) is 5.75 Å². The van der Waals surface area contributed by atoms with Gasteiger partial charge >= 0.3 is 0 Å². The van der Waals surface area contributed by atoms with Crippen LogP contribution in [0.5, 0.6) is 5.75 Å². The first kappa shape index (κ1) is 16.3. The Balaban J connectivity index is 2.26. The van der Waals surface area contributed by atoms with Crippen LogP contribution in [0, 0.1) is 0 Å². The van der Waals surface area contributed by atoms with Gasteiger partial charge in [-0.2, -0.15) is 0 Å². The van der Waals surface area contributed by atoms with E-state index in [4.69, 9.17) is 4.74 Å². The average molecular weight is 435 g/mol. The summed E-state index contributed by atoms with van der Waals surface area (Å²) in [5.41, 5.74) is 0.477. The average Bonchev–Trinajstić information content (AvgIpc) is 2.43. The van der Waals surface area contributed by atoms with Crippen LogP contribution in [0.2, 0.25) is 0 Å². The van der Waals surface area contributed by atoms with Gasteiger partial charge in [-0.1, -0.05) is 15.9 Å². The second-order valence-electron chi connectivity index (χ2n) is 4.14. The molecule has 0 aliphatic carbocycles. The van der Waals surface area contributed by atoms with Crippen molar-refractivity contribution in [2.45, 2.75) is 11.8 Å². The highest BCUT2D eigenvalue weighted by atomic mass is 79.9. The van der Waals surface area contributed by atoms with Crippen LogP contribution in [0.1, 0.15) is 6.92 Å². The maximum Gasteiger partial charge on any atom is 0.263 e. The normalized spacial score (nSPS) is 11.2. The van der Waals surface area contributed by atoms with E-state index in [2.05, 4.69) is 36.6 Å². The van der Waals surface area contributed by atoms with Crippen molar-refractivity contribution in [3.63, 3.8) is 0 Å². The number of hydrogen-bond donors (Lipinski definition) is 1. The molecule has 0 aromatic heterocycles. The Bertz CT molecular complexity index is 730. The summed E-state index contributed by atoms with van der Waals surface area (Å²) in [4.78, 5) is 0.172. The zero-order chi connectivity index (χ0) is 15.5. The molecule has 0 radical (unpaired) electrons. The molecule has 0 spiro atoms. The van der Waals surface area contributed by atoms with E-state index < -0.39 is 10.0 Å².